The third kappa shape index (κ3) is 6.38. The number of hydrogen-bond donors (Lipinski definition) is 3. The van der Waals surface area contributed by atoms with Crippen molar-refractivity contribution in [2.24, 2.45) is 14.1 Å². The molecule has 17 nitrogen and oxygen atoms in total. The maximum absolute atomic E-state index is 12.4. The van der Waals surface area contributed by atoms with E-state index in [1.807, 2.05) is 0 Å². The van der Waals surface area contributed by atoms with Gasteiger partial charge in [0.05, 0.1) is 25.6 Å². The molecule has 0 aromatic carbocycles. The highest BCUT2D eigenvalue weighted by Crippen LogP contribution is 2.28. The summed E-state index contributed by atoms with van der Waals surface area (Å²) in [5, 5.41) is 28.7. The summed E-state index contributed by atoms with van der Waals surface area (Å²) < 4.78 is 15.4. The van der Waals surface area contributed by atoms with Crippen LogP contribution in [0.15, 0.2) is 28.1 Å². The highest BCUT2D eigenvalue weighted by atomic mass is 17.0. The predicted octanol–water partition coefficient (Wildman–Crippen LogP) is -2.13. The average Bonchev–Trinajstić information content (AvgIpc) is 3.54. The minimum absolute atomic E-state index is 0.0893. The highest BCUT2D eigenvalue weighted by Gasteiger charge is 2.49. The van der Waals surface area contributed by atoms with Gasteiger partial charge in [0.25, 0.3) is 10.6 Å². The van der Waals surface area contributed by atoms with E-state index < -0.39 is 34.9 Å². The molecule has 4 heterocycles. The Bertz CT molecular complexity index is 1300. The zero-order valence-corrected chi connectivity index (χ0v) is 19.9. The van der Waals surface area contributed by atoms with Crippen LogP contribution in [0.5, 0.6) is 0 Å². The maximum Gasteiger partial charge on any atom is 0.332 e. The minimum atomic E-state index is -1.26. The average molecular weight is 526 g/mol. The Morgan fingerprint density at radius 3 is 2.46 bits per heavy atom. The summed E-state index contributed by atoms with van der Waals surface area (Å²) in [5.41, 5.74) is -0.0510. The van der Waals surface area contributed by atoms with Gasteiger partial charge in [-0.3, -0.25) is 13.9 Å². The highest BCUT2D eigenvalue weighted by molar-refractivity contribution is 5.89. The fourth-order valence-electron chi connectivity index (χ4n) is 4.09. The lowest BCUT2D eigenvalue weighted by molar-refractivity contribution is -0.769. The van der Waals surface area contributed by atoms with Crippen LogP contribution in [0.25, 0.3) is 11.2 Å². The molecule has 2 saturated heterocycles. The van der Waals surface area contributed by atoms with Crippen LogP contribution >= 0.6 is 0 Å². The van der Waals surface area contributed by atoms with E-state index in [2.05, 4.69) is 15.1 Å². The van der Waals surface area contributed by atoms with Crippen molar-refractivity contribution in [2.45, 2.75) is 37.3 Å². The summed E-state index contributed by atoms with van der Waals surface area (Å²) in [4.78, 5) is 62.9. The predicted molar refractivity (Wildman–Crippen MR) is 122 cm³/mol. The van der Waals surface area contributed by atoms with Gasteiger partial charge in [-0.1, -0.05) is 0 Å². The van der Waals surface area contributed by atoms with Crippen LogP contribution in [0.2, 0.25) is 0 Å². The SMILES string of the molecule is Cn1c(=O)c2c(ncn2CCCN[C@H]2CO[C@H]3[C@@H]2OC[C@@H]3O[N+](=O)[O-])n(C)c1=O.O=C(O)/C=C/C(=O)O. The van der Waals surface area contributed by atoms with Crippen molar-refractivity contribution in [3.8, 4) is 0 Å². The van der Waals surface area contributed by atoms with Gasteiger partial charge in [0.15, 0.2) is 17.3 Å². The van der Waals surface area contributed by atoms with Crippen molar-refractivity contribution in [2.75, 3.05) is 19.8 Å². The summed E-state index contributed by atoms with van der Waals surface area (Å²) in [5.74, 6) is -2.51. The molecule has 2 aromatic rings. The number of nitrogens with zero attached hydrogens (tertiary/aromatic N) is 5. The number of hydrogen-bond acceptors (Lipinski definition) is 11. The van der Waals surface area contributed by atoms with Crippen molar-refractivity contribution >= 4 is 23.1 Å². The van der Waals surface area contributed by atoms with Crippen LogP contribution in [0.3, 0.4) is 0 Å². The number of imidazole rings is 1. The minimum Gasteiger partial charge on any atom is -0.478 e. The Hall–Kier alpha value is -4.09. The van der Waals surface area contributed by atoms with Gasteiger partial charge in [0.1, 0.15) is 12.2 Å². The number of ether oxygens (including phenoxy) is 2. The Balaban J connectivity index is 0.000000414. The Labute approximate surface area is 207 Å². The van der Waals surface area contributed by atoms with Crippen LogP contribution < -0.4 is 16.6 Å². The number of fused-ring (bicyclic) bond motifs is 2. The molecule has 37 heavy (non-hydrogen) atoms. The van der Waals surface area contributed by atoms with Gasteiger partial charge in [-0.25, -0.2) is 19.4 Å². The van der Waals surface area contributed by atoms with E-state index in [0.29, 0.717) is 49.4 Å². The molecule has 0 saturated carbocycles. The molecular formula is C20H26N6O11. The van der Waals surface area contributed by atoms with Crippen molar-refractivity contribution in [3.63, 3.8) is 0 Å². The van der Waals surface area contributed by atoms with E-state index in [-0.39, 0.29) is 24.3 Å². The van der Waals surface area contributed by atoms with Gasteiger partial charge in [0, 0.05) is 32.8 Å². The second kappa shape index (κ2) is 11.8. The molecule has 202 valence electrons. The Kier molecular flexibility index (Phi) is 8.74. The molecule has 0 unspecified atom stereocenters. The summed E-state index contributed by atoms with van der Waals surface area (Å²) in [6.45, 7) is 1.65. The first kappa shape index (κ1) is 27.5. The summed E-state index contributed by atoms with van der Waals surface area (Å²) in [6, 6.07) is -0.0893. The zero-order chi connectivity index (χ0) is 27.3. The molecule has 0 amide bonds. The van der Waals surface area contributed by atoms with Crippen LogP contribution in [-0.4, -0.2) is 90.0 Å². The van der Waals surface area contributed by atoms with Crippen molar-refractivity contribution in [1.29, 1.82) is 0 Å². The van der Waals surface area contributed by atoms with Gasteiger partial charge in [-0.05, 0) is 13.0 Å². The first-order chi connectivity index (χ1) is 17.5. The van der Waals surface area contributed by atoms with E-state index in [1.54, 1.807) is 17.9 Å². The number of carbonyl (C=O) groups is 2. The largest absolute Gasteiger partial charge is 0.478 e. The molecule has 2 aromatic heterocycles. The number of rotatable bonds is 9. The van der Waals surface area contributed by atoms with E-state index in [0.717, 1.165) is 4.57 Å². The van der Waals surface area contributed by atoms with Gasteiger partial charge < -0.3 is 34.4 Å². The lowest BCUT2D eigenvalue weighted by atomic mass is 10.1. The standard InChI is InChI=1S/C16H22N6O7.C4H4O4/c1-19-14-11(15(23)20(2)16(19)24)21(8-18-14)5-3-4-17-9-6-27-13-10(29-22(25)26)7-28-12(9)13;5-3(6)1-2-4(7)8/h8-10,12-13,17H,3-7H2,1-2H3;1-2H,(H,5,6)(H,7,8)/b;2-1+/t9-,10-,12+,13+;/m0./s1. The second-order valence-electron chi connectivity index (χ2n) is 8.20. The second-order valence-corrected chi connectivity index (χ2v) is 8.20. The van der Waals surface area contributed by atoms with Gasteiger partial charge >= 0.3 is 17.6 Å². The topological polar surface area (TPSA) is 219 Å². The van der Waals surface area contributed by atoms with Gasteiger partial charge in [-0.15, -0.1) is 10.1 Å². The smallest absolute Gasteiger partial charge is 0.332 e. The number of carboxylic acids is 2. The molecule has 17 heteroatoms. The molecule has 4 rings (SSSR count). The number of aliphatic carboxylic acids is 2. The number of aryl methyl sites for hydroxylation is 2. The normalized spacial score (nSPS) is 22.5. The third-order valence-corrected chi connectivity index (χ3v) is 5.80. The molecule has 3 N–H and O–H groups in total. The molecule has 0 bridgehead atoms. The van der Waals surface area contributed by atoms with Crippen LogP contribution in [0.1, 0.15) is 6.42 Å². The fraction of sp³-hybridized carbons (Fsp3) is 0.550. The van der Waals surface area contributed by atoms with Crippen molar-refractivity contribution in [1.82, 2.24) is 24.0 Å². The van der Waals surface area contributed by atoms with Crippen molar-refractivity contribution < 1.29 is 39.2 Å². The van der Waals surface area contributed by atoms with Crippen LogP contribution in [0, 0.1) is 10.1 Å². The van der Waals surface area contributed by atoms with Crippen LogP contribution in [0.4, 0.5) is 0 Å². The zero-order valence-electron chi connectivity index (χ0n) is 19.9. The molecule has 2 aliphatic rings. The Morgan fingerprint density at radius 1 is 1.19 bits per heavy atom. The van der Waals surface area contributed by atoms with E-state index in [1.165, 1.54) is 11.6 Å². The van der Waals surface area contributed by atoms with E-state index in [4.69, 9.17) is 19.7 Å². The number of nitrogens with one attached hydrogen (secondary N) is 1. The molecule has 4 atom stereocenters. The van der Waals surface area contributed by atoms with E-state index >= 15 is 0 Å². The monoisotopic (exact) mass is 526 g/mol. The van der Waals surface area contributed by atoms with Gasteiger partial charge in [0.2, 0.25) is 0 Å². The number of carboxylic acid groups (broad SMARTS) is 2. The summed E-state index contributed by atoms with van der Waals surface area (Å²) >= 11 is 0. The summed E-state index contributed by atoms with van der Waals surface area (Å²) in [7, 11) is 3.02. The van der Waals surface area contributed by atoms with Gasteiger partial charge in [-0.2, -0.15) is 0 Å². The molecular weight excluding hydrogens is 500 g/mol. The quantitative estimate of drug-likeness (QED) is 0.138. The first-order valence-electron chi connectivity index (χ1n) is 11.0. The lowest BCUT2D eigenvalue weighted by Gasteiger charge is -2.17. The molecule has 2 aliphatic heterocycles. The lowest BCUT2D eigenvalue weighted by Crippen LogP contribution is -2.42. The third-order valence-electron chi connectivity index (χ3n) is 5.80. The fourth-order valence-corrected chi connectivity index (χ4v) is 4.09. The molecule has 0 radical (unpaired) electrons. The first-order valence-corrected chi connectivity index (χ1v) is 11.0. The number of aromatic nitrogens is 4. The van der Waals surface area contributed by atoms with Crippen molar-refractivity contribution in [3.05, 3.63) is 49.4 Å². The Morgan fingerprint density at radius 2 is 1.84 bits per heavy atom. The summed E-state index contributed by atoms with van der Waals surface area (Å²) in [6.07, 6.45) is 1.91. The van der Waals surface area contributed by atoms with E-state index in [9.17, 15) is 29.3 Å². The van der Waals surface area contributed by atoms with Crippen LogP contribution in [-0.2, 0) is 44.5 Å². The molecule has 0 aliphatic carbocycles. The molecule has 2 fully saturated rings. The molecule has 0 spiro atoms. The maximum atomic E-state index is 12.4.